The van der Waals surface area contributed by atoms with Crippen molar-refractivity contribution in [3.63, 3.8) is 0 Å². The molecule has 0 spiro atoms. The number of amides is 1. The number of carbonyl (C=O) groups is 2. The molecule has 1 fully saturated rings. The summed E-state index contributed by atoms with van der Waals surface area (Å²) in [6, 6.07) is 7.67. The summed E-state index contributed by atoms with van der Waals surface area (Å²) in [5, 5.41) is 11.1. The van der Waals surface area contributed by atoms with E-state index in [1.165, 1.54) is 24.0 Å². The fraction of sp³-hybridized carbons (Fsp3) is 0.348. The van der Waals surface area contributed by atoms with Gasteiger partial charge in [0.1, 0.15) is 5.76 Å². The van der Waals surface area contributed by atoms with E-state index in [4.69, 9.17) is 9.47 Å². The highest BCUT2D eigenvalue weighted by Gasteiger charge is 2.45. The average molecular weight is 426 g/mol. The molecule has 0 unspecified atom stereocenters. The van der Waals surface area contributed by atoms with Crippen molar-refractivity contribution in [3.05, 3.63) is 59.4 Å². The number of rotatable bonds is 8. The molecule has 164 valence electrons. The molecule has 8 nitrogen and oxygen atoms in total. The number of pyridine rings is 1. The molecule has 0 bridgehead atoms. The number of hydrogen-bond donors (Lipinski definition) is 2. The number of nitrogens with zero attached hydrogens (tertiary/aromatic N) is 2. The third kappa shape index (κ3) is 4.54. The zero-order chi connectivity index (χ0) is 22.5. The van der Waals surface area contributed by atoms with Crippen LogP contribution in [0.4, 0.5) is 0 Å². The highest BCUT2D eigenvalue weighted by molar-refractivity contribution is 6.46. The largest absolute Gasteiger partial charge is 0.507 e. The number of aliphatic hydroxyl groups is 1. The van der Waals surface area contributed by atoms with Crippen LogP contribution in [0.3, 0.4) is 0 Å². The Morgan fingerprint density at radius 2 is 1.77 bits per heavy atom. The summed E-state index contributed by atoms with van der Waals surface area (Å²) < 4.78 is 10.6. The maximum atomic E-state index is 13.0. The van der Waals surface area contributed by atoms with Gasteiger partial charge in [-0.15, -0.1) is 0 Å². The second kappa shape index (κ2) is 9.61. The van der Waals surface area contributed by atoms with E-state index >= 15 is 0 Å². The molecule has 1 aromatic carbocycles. The Morgan fingerprint density at radius 3 is 2.39 bits per heavy atom. The van der Waals surface area contributed by atoms with Gasteiger partial charge in [-0.05, 0) is 35.9 Å². The second-order valence-electron chi connectivity index (χ2n) is 7.65. The lowest BCUT2D eigenvalue weighted by Gasteiger charge is -2.25. The van der Waals surface area contributed by atoms with Gasteiger partial charge in [-0.25, -0.2) is 0 Å². The fourth-order valence-electron chi connectivity index (χ4n) is 3.74. The third-order valence-electron chi connectivity index (χ3n) is 5.29. The van der Waals surface area contributed by atoms with Gasteiger partial charge in [0, 0.05) is 30.9 Å². The number of benzene rings is 1. The van der Waals surface area contributed by atoms with Crippen LogP contribution in [0.25, 0.3) is 5.76 Å². The van der Waals surface area contributed by atoms with Crippen molar-refractivity contribution < 1.29 is 29.1 Å². The second-order valence-corrected chi connectivity index (χ2v) is 7.65. The number of likely N-dealkylation sites (tertiary alicyclic amines) is 1. The van der Waals surface area contributed by atoms with Crippen molar-refractivity contribution >= 4 is 17.4 Å². The smallest absolute Gasteiger partial charge is 0.295 e. The number of Topliss-reactive ketones (excluding diaryl/α,β-unsaturated/α-hetero) is 1. The lowest BCUT2D eigenvalue weighted by molar-refractivity contribution is -0.858. The molecule has 1 atom stereocenters. The fourth-order valence-corrected chi connectivity index (χ4v) is 3.74. The van der Waals surface area contributed by atoms with Crippen LogP contribution in [0.2, 0.25) is 0 Å². The number of carbonyl (C=O) groups excluding carboxylic acids is 2. The highest BCUT2D eigenvalue weighted by atomic mass is 16.5. The maximum Gasteiger partial charge on any atom is 0.295 e. The Hall–Kier alpha value is -3.39. The molecule has 31 heavy (non-hydrogen) atoms. The summed E-state index contributed by atoms with van der Waals surface area (Å²) in [6.45, 7) is 1.26. The van der Waals surface area contributed by atoms with Gasteiger partial charge >= 0.3 is 0 Å². The summed E-state index contributed by atoms with van der Waals surface area (Å²) >= 11 is 0. The Morgan fingerprint density at radius 1 is 1.10 bits per heavy atom. The van der Waals surface area contributed by atoms with Crippen molar-refractivity contribution in [3.8, 4) is 11.5 Å². The van der Waals surface area contributed by atoms with Crippen LogP contribution in [-0.4, -0.2) is 68.1 Å². The number of methoxy groups -OCH3 is 2. The monoisotopic (exact) mass is 426 g/mol. The highest BCUT2D eigenvalue weighted by Crippen LogP contribution is 2.40. The predicted octanol–water partition coefficient (Wildman–Crippen LogP) is 1.06. The van der Waals surface area contributed by atoms with Crippen molar-refractivity contribution in [2.45, 2.75) is 12.5 Å². The Bertz CT molecular complexity index is 988. The molecule has 1 aliphatic rings. The van der Waals surface area contributed by atoms with Gasteiger partial charge in [0.25, 0.3) is 11.7 Å². The Balaban J connectivity index is 2.09. The summed E-state index contributed by atoms with van der Waals surface area (Å²) in [7, 11) is 7.07. The number of aromatic nitrogens is 1. The van der Waals surface area contributed by atoms with E-state index in [1.54, 1.807) is 42.7 Å². The van der Waals surface area contributed by atoms with Crippen LogP contribution in [0, 0.1) is 0 Å². The van der Waals surface area contributed by atoms with Crippen molar-refractivity contribution in [1.29, 1.82) is 0 Å². The minimum atomic E-state index is -0.703. The van der Waals surface area contributed by atoms with Crippen molar-refractivity contribution in [2.24, 2.45) is 0 Å². The van der Waals surface area contributed by atoms with Gasteiger partial charge in [0.2, 0.25) is 0 Å². The number of aliphatic hydroxyl groups excluding tert-OH is 1. The molecule has 8 heteroatoms. The summed E-state index contributed by atoms with van der Waals surface area (Å²) in [5.74, 6) is -0.655. The number of hydrogen-bond acceptors (Lipinski definition) is 6. The molecule has 0 radical (unpaired) electrons. The zero-order valence-electron chi connectivity index (χ0n) is 18.2. The number of nitrogens with one attached hydrogen (secondary N) is 1. The SMILES string of the molecule is COc1ccc(C(O)=C2C(=O)C(=O)N(CCC[NH+](C)C)[C@H]2c2ccncc2)cc1OC. The van der Waals surface area contributed by atoms with E-state index < -0.39 is 17.7 Å². The van der Waals surface area contributed by atoms with Crippen LogP contribution in [0.1, 0.15) is 23.6 Å². The third-order valence-corrected chi connectivity index (χ3v) is 5.29. The number of ketones is 1. The molecule has 2 N–H and O–H groups in total. The van der Waals surface area contributed by atoms with Crippen LogP contribution >= 0.6 is 0 Å². The Kier molecular flexibility index (Phi) is 6.91. The van der Waals surface area contributed by atoms with Gasteiger partial charge < -0.3 is 24.4 Å². The first-order chi connectivity index (χ1) is 14.9. The molecular weight excluding hydrogens is 398 g/mol. The van der Waals surface area contributed by atoms with E-state index in [2.05, 4.69) is 4.98 Å². The van der Waals surface area contributed by atoms with Gasteiger partial charge in [0.05, 0.1) is 46.5 Å². The van der Waals surface area contributed by atoms with Gasteiger partial charge in [0.15, 0.2) is 11.5 Å². The minimum Gasteiger partial charge on any atom is -0.507 e. The molecule has 1 amide bonds. The first-order valence-electron chi connectivity index (χ1n) is 10.1. The lowest BCUT2D eigenvalue weighted by atomic mass is 9.95. The van der Waals surface area contributed by atoms with Crippen LogP contribution in [0.5, 0.6) is 11.5 Å². The van der Waals surface area contributed by atoms with E-state index in [1.807, 2.05) is 14.1 Å². The lowest BCUT2D eigenvalue weighted by Crippen LogP contribution is -3.05. The Labute approximate surface area is 181 Å². The first-order valence-corrected chi connectivity index (χ1v) is 10.1. The normalized spacial score (nSPS) is 18.0. The standard InChI is InChI=1S/C23H27N3O5/c1-25(2)12-5-13-26-20(15-8-10-24-11-9-15)19(22(28)23(26)29)21(27)16-6-7-17(30-3)18(14-16)31-4/h6-11,14,20,27H,5,12-13H2,1-4H3/p+1/t20-/m0/s1. The molecule has 0 saturated carbocycles. The molecule has 3 rings (SSSR count). The first kappa shape index (κ1) is 22.3. The molecular formula is C23H28N3O5+. The van der Waals surface area contributed by atoms with Gasteiger partial charge in [-0.1, -0.05) is 0 Å². The summed E-state index contributed by atoms with van der Waals surface area (Å²) in [4.78, 5) is 32.7. The molecule has 1 saturated heterocycles. The zero-order valence-corrected chi connectivity index (χ0v) is 18.2. The molecule has 2 aromatic rings. The van der Waals surface area contributed by atoms with E-state index in [9.17, 15) is 14.7 Å². The minimum absolute atomic E-state index is 0.0561. The van der Waals surface area contributed by atoms with Crippen LogP contribution in [-0.2, 0) is 9.59 Å². The summed E-state index contributed by atoms with van der Waals surface area (Å²) in [5.41, 5.74) is 1.14. The van der Waals surface area contributed by atoms with Crippen LogP contribution in [0.15, 0.2) is 48.3 Å². The van der Waals surface area contributed by atoms with Gasteiger partial charge in [-0.2, -0.15) is 0 Å². The molecule has 0 aliphatic carbocycles. The quantitative estimate of drug-likeness (QED) is 0.372. The van der Waals surface area contributed by atoms with Gasteiger partial charge in [-0.3, -0.25) is 14.6 Å². The van der Waals surface area contributed by atoms with E-state index in [-0.39, 0.29) is 11.3 Å². The van der Waals surface area contributed by atoms with Crippen molar-refractivity contribution in [2.75, 3.05) is 41.4 Å². The average Bonchev–Trinajstić information content (AvgIpc) is 3.03. The molecule has 2 heterocycles. The van der Waals surface area contributed by atoms with E-state index in [0.29, 0.717) is 29.2 Å². The van der Waals surface area contributed by atoms with E-state index in [0.717, 1.165) is 13.0 Å². The topological polar surface area (TPSA) is 93.4 Å². The predicted molar refractivity (Wildman–Crippen MR) is 115 cm³/mol. The van der Waals surface area contributed by atoms with Crippen LogP contribution < -0.4 is 14.4 Å². The van der Waals surface area contributed by atoms with Crippen molar-refractivity contribution in [1.82, 2.24) is 9.88 Å². The molecule has 1 aromatic heterocycles. The summed E-state index contributed by atoms with van der Waals surface area (Å²) in [6.07, 6.45) is 3.94. The number of quaternary nitrogens is 1. The maximum absolute atomic E-state index is 13.0. The molecule has 1 aliphatic heterocycles. The number of ether oxygens (including phenoxy) is 2.